The van der Waals surface area contributed by atoms with E-state index in [1.54, 1.807) is 0 Å². The molecule has 0 aromatic rings. The molecule has 2 amide bonds. The van der Waals surface area contributed by atoms with Gasteiger partial charge in [0.1, 0.15) is 0 Å². The van der Waals surface area contributed by atoms with Crippen molar-refractivity contribution < 1.29 is 9.59 Å². The Morgan fingerprint density at radius 1 is 1.42 bits per heavy atom. The first-order chi connectivity index (χ1) is 5.61. The molecular weight excluding hydrogens is 156 g/mol. The molecule has 0 saturated heterocycles. The topological polar surface area (TPSA) is 72.2 Å². The van der Waals surface area contributed by atoms with E-state index in [2.05, 4.69) is 5.32 Å². The average Bonchev–Trinajstić information content (AvgIpc) is 2.03. The highest BCUT2D eigenvalue weighted by molar-refractivity contribution is 6.34. The molecule has 0 aliphatic heterocycles. The van der Waals surface area contributed by atoms with Crippen LogP contribution in [0, 0.1) is 0 Å². The van der Waals surface area contributed by atoms with Crippen LogP contribution in [0.1, 0.15) is 33.1 Å². The van der Waals surface area contributed by atoms with Gasteiger partial charge in [-0.15, -0.1) is 0 Å². The van der Waals surface area contributed by atoms with Crippen LogP contribution in [0.5, 0.6) is 0 Å². The summed E-state index contributed by atoms with van der Waals surface area (Å²) in [7, 11) is 0. The lowest BCUT2D eigenvalue weighted by Crippen LogP contribution is -2.42. The molecule has 1 unspecified atom stereocenters. The number of hydrogen-bond donors (Lipinski definition) is 2. The molecule has 0 spiro atoms. The molecule has 4 heteroatoms. The van der Waals surface area contributed by atoms with E-state index in [9.17, 15) is 9.59 Å². The second-order valence-corrected chi connectivity index (χ2v) is 2.73. The lowest BCUT2D eigenvalue weighted by Gasteiger charge is -2.13. The van der Waals surface area contributed by atoms with Gasteiger partial charge < -0.3 is 11.1 Å². The van der Waals surface area contributed by atoms with Gasteiger partial charge in [0, 0.05) is 6.04 Å². The summed E-state index contributed by atoms with van der Waals surface area (Å²) < 4.78 is 0. The van der Waals surface area contributed by atoms with Crippen LogP contribution < -0.4 is 11.1 Å². The maximum atomic E-state index is 10.8. The van der Waals surface area contributed by atoms with Crippen LogP contribution >= 0.6 is 0 Å². The van der Waals surface area contributed by atoms with Crippen molar-refractivity contribution in [2.45, 2.75) is 39.2 Å². The van der Waals surface area contributed by atoms with E-state index in [1.165, 1.54) is 0 Å². The van der Waals surface area contributed by atoms with Crippen LogP contribution in [0.15, 0.2) is 0 Å². The van der Waals surface area contributed by atoms with Gasteiger partial charge in [-0.3, -0.25) is 9.59 Å². The Kier molecular flexibility index (Phi) is 5.08. The van der Waals surface area contributed by atoms with E-state index >= 15 is 0 Å². The molecule has 0 fully saturated rings. The third-order valence-corrected chi connectivity index (χ3v) is 1.69. The van der Waals surface area contributed by atoms with Crippen molar-refractivity contribution in [2.75, 3.05) is 0 Å². The standard InChI is InChI=1S/C8H16N2O2/c1-3-5-6(4-2)10-8(12)7(9)11/h6H,3-5H2,1-2H3,(H2,9,11)(H,10,12). The van der Waals surface area contributed by atoms with E-state index in [1.807, 2.05) is 13.8 Å². The normalized spacial score (nSPS) is 12.2. The van der Waals surface area contributed by atoms with E-state index in [0.29, 0.717) is 0 Å². The Morgan fingerprint density at radius 2 is 2.00 bits per heavy atom. The van der Waals surface area contributed by atoms with Gasteiger partial charge in [-0.2, -0.15) is 0 Å². The maximum absolute atomic E-state index is 10.8. The predicted molar refractivity (Wildman–Crippen MR) is 46.3 cm³/mol. The number of carbonyl (C=O) groups is 2. The quantitative estimate of drug-likeness (QED) is 0.593. The van der Waals surface area contributed by atoms with E-state index in [0.717, 1.165) is 19.3 Å². The Balaban J connectivity index is 3.85. The third kappa shape index (κ3) is 3.95. The summed E-state index contributed by atoms with van der Waals surface area (Å²) in [6, 6.07) is 0.0787. The first-order valence-corrected chi connectivity index (χ1v) is 4.22. The van der Waals surface area contributed by atoms with Gasteiger partial charge >= 0.3 is 11.8 Å². The fourth-order valence-corrected chi connectivity index (χ4v) is 0.983. The van der Waals surface area contributed by atoms with Crippen molar-refractivity contribution in [3.8, 4) is 0 Å². The van der Waals surface area contributed by atoms with Crippen molar-refractivity contribution in [3.63, 3.8) is 0 Å². The summed E-state index contributed by atoms with van der Waals surface area (Å²) in [4.78, 5) is 21.2. The second kappa shape index (κ2) is 5.57. The molecule has 3 N–H and O–H groups in total. The van der Waals surface area contributed by atoms with Gasteiger partial charge in [0.15, 0.2) is 0 Å². The van der Waals surface area contributed by atoms with Crippen LogP contribution in [0.3, 0.4) is 0 Å². The summed E-state index contributed by atoms with van der Waals surface area (Å²) in [5, 5.41) is 2.55. The van der Waals surface area contributed by atoms with Crippen LogP contribution in [0.25, 0.3) is 0 Å². The molecule has 0 saturated carbocycles. The molecule has 0 rings (SSSR count). The summed E-state index contributed by atoms with van der Waals surface area (Å²) in [6.07, 6.45) is 2.69. The third-order valence-electron chi connectivity index (χ3n) is 1.69. The molecule has 0 bridgehead atoms. The predicted octanol–water partition coefficient (Wildman–Crippen LogP) is 0.167. The minimum atomic E-state index is -0.912. The molecule has 12 heavy (non-hydrogen) atoms. The zero-order valence-electron chi connectivity index (χ0n) is 7.59. The maximum Gasteiger partial charge on any atom is 0.309 e. The lowest BCUT2D eigenvalue weighted by molar-refractivity contribution is -0.137. The fourth-order valence-electron chi connectivity index (χ4n) is 0.983. The van der Waals surface area contributed by atoms with Crippen LogP contribution in [-0.4, -0.2) is 17.9 Å². The molecule has 70 valence electrons. The molecule has 0 aliphatic carbocycles. The van der Waals surface area contributed by atoms with Crippen molar-refractivity contribution >= 4 is 11.8 Å². The van der Waals surface area contributed by atoms with Gasteiger partial charge in [-0.1, -0.05) is 20.3 Å². The monoisotopic (exact) mass is 172 g/mol. The second-order valence-electron chi connectivity index (χ2n) is 2.73. The first-order valence-electron chi connectivity index (χ1n) is 4.22. The van der Waals surface area contributed by atoms with Gasteiger partial charge in [-0.25, -0.2) is 0 Å². The van der Waals surface area contributed by atoms with Gasteiger partial charge in [-0.05, 0) is 12.8 Å². The summed E-state index contributed by atoms with van der Waals surface area (Å²) in [6.45, 7) is 3.99. The Hall–Kier alpha value is -1.06. The largest absolute Gasteiger partial charge is 0.361 e. The Labute approximate surface area is 72.5 Å². The minimum Gasteiger partial charge on any atom is -0.361 e. The highest BCUT2D eigenvalue weighted by Gasteiger charge is 2.12. The molecule has 0 heterocycles. The van der Waals surface area contributed by atoms with Gasteiger partial charge in [0.25, 0.3) is 0 Å². The van der Waals surface area contributed by atoms with E-state index in [-0.39, 0.29) is 6.04 Å². The van der Waals surface area contributed by atoms with E-state index in [4.69, 9.17) is 5.73 Å². The number of carbonyl (C=O) groups excluding carboxylic acids is 2. The van der Waals surface area contributed by atoms with Crippen LogP contribution in [-0.2, 0) is 9.59 Å². The molecule has 0 aliphatic rings. The van der Waals surface area contributed by atoms with Gasteiger partial charge in [0.2, 0.25) is 0 Å². The number of primary amides is 1. The molecule has 0 aromatic heterocycles. The fraction of sp³-hybridized carbons (Fsp3) is 0.750. The van der Waals surface area contributed by atoms with Crippen LogP contribution in [0.2, 0.25) is 0 Å². The zero-order chi connectivity index (χ0) is 9.56. The zero-order valence-corrected chi connectivity index (χ0v) is 7.59. The number of hydrogen-bond acceptors (Lipinski definition) is 2. The van der Waals surface area contributed by atoms with Crippen LogP contribution in [0.4, 0.5) is 0 Å². The molecular formula is C8H16N2O2. The summed E-state index contributed by atoms with van der Waals surface area (Å²) in [5.74, 6) is -1.60. The molecule has 0 aromatic carbocycles. The smallest absolute Gasteiger partial charge is 0.309 e. The molecule has 4 nitrogen and oxygen atoms in total. The van der Waals surface area contributed by atoms with Crippen molar-refractivity contribution in [2.24, 2.45) is 5.73 Å². The number of amides is 2. The minimum absolute atomic E-state index is 0.0787. The highest BCUT2D eigenvalue weighted by atomic mass is 16.2. The summed E-state index contributed by atoms with van der Waals surface area (Å²) >= 11 is 0. The SMILES string of the molecule is CCCC(CC)NC(=O)C(N)=O. The highest BCUT2D eigenvalue weighted by Crippen LogP contribution is 1.99. The Bertz CT molecular complexity index is 168. The molecule has 1 atom stereocenters. The number of rotatable bonds is 4. The van der Waals surface area contributed by atoms with Gasteiger partial charge in [0.05, 0.1) is 0 Å². The molecule has 0 radical (unpaired) electrons. The lowest BCUT2D eigenvalue weighted by atomic mass is 10.1. The number of nitrogens with two attached hydrogens (primary N) is 1. The van der Waals surface area contributed by atoms with Crippen molar-refractivity contribution in [1.82, 2.24) is 5.32 Å². The number of nitrogens with one attached hydrogen (secondary N) is 1. The van der Waals surface area contributed by atoms with E-state index < -0.39 is 11.8 Å². The first kappa shape index (κ1) is 10.9. The van der Waals surface area contributed by atoms with Crippen molar-refractivity contribution in [1.29, 1.82) is 0 Å². The average molecular weight is 172 g/mol. The Morgan fingerprint density at radius 3 is 2.33 bits per heavy atom. The van der Waals surface area contributed by atoms with Crippen molar-refractivity contribution in [3.05, 3.63) is 0 Å². The summed E-state index contributed by atoms with van der Waals surface area (Å²) in [5.41, 5.74) is 4.78.